The molecule has 0 saturated carbocycles. The number of amides is 2. The van der Waals surface area contributed by atoms with E-state index in [-0.39, 0.29) is 12.5 Å². The van der Waals surface area contributed by atoms with Crippen molar-refractivity contribution >= 4 is 23.3 Å². The van der Waals surface area contributed by atoms with Gasteiger partial charge in [0.15, 0.2) is 0 Å². The summed E-state index contributed by atoms with van der Waals surface area (Å²) in [5.41, 5.74) is 0.550. The maximum absolute atomic E-state index is 12.1. The summed E-state index contributed by atoms with van der Waals surface area (Å²) in [5.74, 6) is 0. The molecular weight excluding hydrogens is 266 g/mol. The highest BCUT2D eigenvalue weighted by Crippen LogP contribution is 2.20. The van der Waals surface area contributed by atoms with Crippen LogP contribution in [-0.4, -0.2) is 37.7 Å². The first-order chi connectivity index (χ1) is 9.19. The van der Waals surface area contributed by atoms with Crippen LogP contribution in [-0.2, 0) is 4.74 Å². The van der Waals surface area contributed by atoms with Gasteiger partial charge < -0.3 is 15.0 Å². The van der Waals surface area contributed by atoms with Crippen LogP contribution in [0.4, 0.5) is 10.5 Å². The van der Waals surface area contributed by atoms with Crippen LogP contribution < -0.4 is 5.32 Å². The summed E-state index contributed by atoms with van der Waals surface area (Å²) in [6.45, 7) is 1.20. The number of hydrogen-bond donors (Lipinski definition) is 1. The second-order valence-electron chi connectivity index (χ2n) is 3.80. The minimum atomic E-state index is -0.291. The molecule has 0 aliphatic rings. The molecule has 0 bridgehead atoms. The average Bonchev–Trinajstić information content (AvgIpc) is 2.41. The lowest BCUT2D eigenvalue weighted by molar-refractivity contribution is 0.156. The number of ether oxygens (including phenoxy) is 1. The zero-order valence-electron chi connectivity index (χ0n) is 10.7. The number of nitrogens with one attached hydrogen (secondary N) is 1. The predicted molar refractivity (Wildman–Crippen MR) is 74.1 cm³/mol. The van der Waals surface area contributed by atoms with Crippen molar-refractivity contribution in [3.8, 4) is 6.07 Å². The summed E-state index contributed by atoms with van der Waals surface area (Å²) in [4.78, 5) is 13.6. The first-order valence-electron chi connectivity index (χ1n) is 5.85. The fraction of sp³-hybridized carbons (Fsp3) is 0.385. The Morgan fingerprint density at radius 1 is 1.47 bits per heavy atom. The van der Waals surface area contributed by atoms with E-state index in [9.17, 15) is 4.79 Å². The molecule has 0 radical (unpaired) electrons. The number of halogens is 1. The summed E-state index contributed by atoms with van der Waals surface area (Å²) >= 11 is 5.97. The molecule has 2 amide bonds. The van der Waals surface area contributed by atoms with Crippen LogP contribution in [0.2, 0.25) is 5.02 Å². The van der Waals surface area contributed by atoms with Crippen LogP contribution in [0.3, 0.4) is 0 Å². The number of nitrogens with zero attached hydrogens (tertiary/aromatic N) is 2. The Morgan fingerprint density at radius 3 is 2.84 bits per heavy atom. The molecular formula is C13H16ClN3O2. The Morgan fingerprint density at radius 2 is 2.21 bits per heavy atom. The standard InChI is InChI=1S/C13H16ClN3O2/c1-19-10-9-17(8-4-7-15)13(18)16-12-6-3-2-5-11(12)14/h2-3,5-6H,4,8-10H2,1H3,(H,16,18). The van der Waals surface area contributed by atoms with Crippen molar-refractivity contribution in [3.05, 3.63) is 29.3 Å². The molecule has 102 valence electrons. The summed E-state index contributed by atoms with van der Waals surface area (Å²) in [7, 11) is 1.56. The summed E-state index contributed by atoms with van der Waals surface area (Å²) in [5, 5.41) is 11.8. The molecule has 0 saturated heterocycles. The number of hydrogen-bond acceptors (Lipinski definition) is 3. The molecule has 0 atom stereocenters. The molecule has 1 aromatic rings. The zero-order valence-corrected chi connectivity index (χ0v) is 11.5. The smallest absolute Gasteiger partial charge is 0.321 e. The Bertz CT molecular complexity index is 459. The van der Waals surface area contributed by atoms with Crippen LogP contribution >= 0.6 is 11.6 Å². The largest absolute Gasteiger partial charge is 0.383 e. The maximum atomic E-state index is 12.1. The van der Waals surface area contributed by atoms with Crippen LogP contribution in [0, 0.1) is 11.3 Å². The molecule has 1 rings (SSSR count). The van der Waals surface area contributed by atoms with Crippen LogP contribution in [0.5, 0.6) is 0 Å². The van der Waals surface area contributed by atoms with Crippen molar-refractivity contribution in [3.63, 3.8) is 0 Å². The van der Waals surface area contributed by atoms with Crippen LogP contribution in [0.25, 0.3) is 0 Å². The van der Waals surface area contributed by atoms with Gasteiger partial charge in [0.25, 0.3) is 0 Å². The van der Waals surface area contributed by atoms with Crippen LogP contribution in [0.15, 0.2) is 24.3 Å². The molecule has 1 aromatic carbocycles. The number of methoxy groups -OCH3 is 1. The van der Waals surface area contributed by atoms with Gasteiger partial charge in [-0.1, -0.05) is 23.7 Å². The Labute approximate surface area is 117 Å². The number of carbonyl (C=O) groups excluding carboxylic acids is 1. The van der Waals surface area contributed by atoms with Gasteiger partial charge in [0.2, 0.25) is 0 Å². The third kappa shape index (κ3) is 5.16. The molecule has 19 heavy (non-hydrogen) atoms. The zero-order chi connectivity index (χ0) is 14.1. The van der Waals surface area contributed by atoms with E-state index < -0.39 is 0 Å². The van der Waals surface area contributed by atoms with Crippen LogP contribution in [0.1, 0.15) is 6.42 Å². The number of anilines is 1. The van der Waals surface area contributed by atoms with E-state index in [2.05, 4.69) is 5.32 Å². The maximum Gasteiger partial charge on any atom is 0.321 e. The number of urea groups is 1. The van der Waals surface area contributed by atoms with Gasteiger partial charge >= 0.3 is 6.03 Å². The Kier molecular flexibility index (Phi) is 6.72. The Hall–Kier alpha value is -1.77. The van der Waals surface area contributed by atoms with Gasteiger partial charge in [0.1, 0.15) is 0 Å². The van der Waals surface area contributed by atoms with E-state index in [1.165, 1.54) is 4.90 Å². The first-order valence-corrected chi connectivity index (χ1v) is 6.23. The highest BCUT2D eigenvalue weighted by atomic mass is 35.5. The van der Waals surface area contributed by atoms with E-state index in [1.807, 2.05) is 6.07 Å². The molecule has 5 nitrogen and oxygen atoms in total. The van der Waals surface area contributed by atoms with Crippen molar-refractivity contribution in [1.82, 2.24) is 4.90 Å². The van der Waals surface area contributed by atoms with E-state index in [0.717, 1.165) is 0 Å². The van der Waals surface area contributed by atoms with Gasteiger partial charge in [-0.2, -0.15) is 5.26 Å². The normalized spacial score (nSPS) is 9.74. The molecule has 0 aromatic heterocycles. The molecule has 1 N–H and O–H groups in total. The number of para-hydroxylation sites is 1. The van der Waals surface area contributed by atoms with Crippen molar-refractivity contribution < 1.29 is 9.53 Å². The minimum absolute atomic E-state index is 0.277. The fourth-order valence-electron chi connectivity index (χ4n) is 1.46. The van der Waals surface area contributed by atoms with Gasteiger partial charge in [-0.15, -0.1) is 0 Å². The van der Waals surface area contributed by atoms with E-state index in [1.54, 1.807) is 31.4 Å². The number of carbonyl (C=O) groups is 1. The average molecular weight is 282 g/mol. The fourth-order valence-corrected chi connectivity index (χ4v) is 1.64. The third-order valence-corrected chi connectivity index (χ3v) is 2.79. The lowest BCUT2D eigenvalue weighted by Crippen LogP contribution is -2.38. The summed E-state index contributed by atoms with van der Waals surface area (Å²) in [6.07, 6.45) is 0.277. The van der Waals surface area contributed by atoms with Gasteiger partial charge in [-0.3, -0.25) is 0 Å². The lowest BCUT2D eigenvalue weighted by Gasteiger charge is -2.22. The predicted octanol–water partition coefficient (Wildman–Crippen LogP) is 2.73. The van der Waals surface area contributed by atoms with Gasteiger partial charge in [0, 0.05) is 20.2 Å². The Balaban J connectivity index is 2.65. The molecule has 0 unspecified atom stereocenters. The van der Waals surface area contributed by atoms with Gasteiger partial charge in [0.05, 0.1) is 29.8 Å². The molecule has 0 fully saturated rings. The van der Waals surface area contributed by atoms with Crippen molar-refractivity contribution in [2.24, 2.45) is 0 Å². The van der Waals surface area contributed by atoms with E-state index in [0.29, 0.717) is 30.4 Å². The summed E-state index contributed by atoms with van der Waals surface area (Å²) in [6, 6.07) is 8.72. The lowest BCUT2D eigenvalue weighted by atomic mass is 10.3. The molecule has 0 spiro atoms. The monoisotopic (exact) mass is 281 g/mol. The van der Waals surface area contributed by atoms with Gasteiger partial charge in [-0.05, 0) is 12.1 Å². The van der Waals surface area contributed by atoms with Gasteiger partial charge in [-0.25, -0.2) is 4.79 Å². The molecule has 6 heteroatoms. The first kappa shape index (κ1) is 15.3. The third-order valence-electron chi connectivity index (χ3n) is 2.46. The SMILES string of the molecule is COCCN(CCC#N)C(=O)Nc1ccccc1Cl. The minimum Gasteiger partial charge on any atom is -0.383 e. The number of rotatable bonds is 6. The highest BCUT2D eigenvalue weighted by molar-refractivity contribution is 6.33. The van der Waals surface area contributed by atoms with E-state index in [4.69, 9.17) is 21.6 Å². The second kappa shape index (κ2) is 8.35. The number of benzene rings is 1. The molecule has 0 aliphatic heterocycles. The molecule has 0 aliphatic carbocycles. The van der Waals surface area contributed by atoms with E-state index >= 15 is 0 Å². The second-order valence-corrected chi connectivity index (χ2v) is 4.21. The highest BCUT2D eigenvalue weighted by Gasteiger charge is 2.13. The summed E-state index contributed by atoms with van der Waals surface area (Å²) < 4.78 is 4.95. The van der Waals surface area contributed by atoms with Crippen molar-refractivity contribution in [2.45, 2.75) is 6.42 Å². The number of nitriles is 1. The van der Waals surface area contributed by atoms with Crippen molar-refractivity contribution in [1.29, 1.82) is 5.26 Å². The topological polar surface area (TPSA) is 65.4 Å². The van der Waals surface area contributed by atoms with Crippen molar-refractivity contribution in [2.75, 3.05) is 32.1 Å². The quantitative estimate of drug-likeness (QED) is 0.872. The molecule has 0 heterocycles.